The van der Waals surface area contributed by atoms with E-state index < -0.39 is 0 Å². The molecule has 0 spiro atoms. The smallest absolute Gasteiger partial charge is 0.166 e. The average Bonchev–Trinajstić information content (AvgIpc) is 2.89. The Labute approximate surface area is 136 Å². The molecule has 0 unspecified atom stereocenters. The molecule has 4 aromatic rings. The number of hydrogen-bond donors (Lipinski definition) is 0. The number of aryl methyl sites for hydroxylation is 1. The Balaban J connectivity index is 2.00. The predicted octanol–water partition coefficient (Wildman–Crippen LogP) is 4.56. The van der Waals surface area contributed by atoms with Gasteiger partial charge in [-0.15, -0.1) is 0 Å². The number of pyridine rings is 1. The first-order valence-corrected chi connectivity index (χ1v) is 7.45. The van der Waals surface area contributed by atoms with E-state index in [0.717, 1.165) is 27.9 Å². The second kappa shape index (κ2) is 4.93. The van der Waals surface area contributed by atoms with Crippen LogP contribution in [0.1, 0.15) is 5.69 Å². The molecule has 4 nitrogen and oxygen atoms in total. The van der Waals surface area contributed by atoms with Crippen molar-refractivity contribution in [3.63, 3.8) is 0 Å². The van der Waals surface area contributed by atoms with Crippen molar-refractivity contribution in [2.24, 2.45) is 0 Å². The Hall–Kier alpha value is -2.17. The van der Waals surface area contributed by atoms with E-state index in [9.17, 15) is 0 Å². The zero-order chi connectivity index (χ0) is 15.3. The number of aromatic nitrogens is 4. The molecule has 0 aliphatic heterocycles. The molecule has 0 aliphatic rings. The highest BCUT2D eigenvalue weighted by atomic mass is 35.5. The number of nitrogens with zero attached hydrogens (tertiary/aromatic N) is 4. The van der Waals surface area contributed by atoms with Crippen molar-refractivity contribution in [2.45, 2.75) is 6.92 Å². The molecule has 0 atom stereocenters. The molecule has 0 aliphatic carbocycles. The monoisotopic (exact) mass is 328 g/mol. The molecular weight excluding hydrogens is 319 g/mol. The van der Waals surface area contributed by atoms with E-state index in [1.165, 1.54) is 0 Å². The van der Waals surface area contributed by atoms with Crippen molar-refractivity contribution >= 4 is 39.9 Å². The van der Waals surface area contributed by atoms with Gasteiger partial charge in [-0.2, -0.15) is 9.61 Å². The van der Waals surface area contributed by atoms with Gasteiger partial charge in [0.2, 0.25) is 0 Å². The number of fused-ring (bicyclic) bond motifs is 3. The summed E-state index contributed by atoms with van der Waals surface area (Å²) in [7, 11) is 0. The maximum Gasteiger partial charge on any atom is 0.166 e. The number of hydrogen-bond acceptors (Lipinski definition) is 3. The van der Waals surface area contributed by atoms with Gasteiger partial charge in [0.15, 0.2) is 11.3 Å². The highest BCUT2D eigenvalue weighted by Gasteiger charge is 2.11. The molecule has 0 fully saturated rings. The van der Waals surface area contributed by atoms with Crippen LogP contribution in [0.2, 0.25) is 10.2 Å². The second-order valence-electron chi connectivity index (χ2n) is 5.06. The molecule has 6 heteroatoms. The molecule has 0 bridgehead atoms. The van der Waals surface area contributed by atoms with Gasteiger partial charge < -0.3 is 0 Å². The zero-order valence-electron chi connectivity index (χ0n) is 11.6. The van der Waals surface area contributed by atoms with E-state index in [0.29, 0.717) is 15.8 Å². The lowest BCUT2D eigenvalue weighted by Gasteiger charge is -2.07. The summed E-state index contributed by atoms with van der Waals surface area (Å²) in [5.41, 5.74) is 4.14. The first kappa shape index (κ1) is 13.5. The Bertz CT molecular complexity index is 1010. The minimum absolute atomic E-state index is 0.426. The average molecular weight is 329 g/mol. The summed E-state index contributed by atoms with van der Waals surface area (Å²) in [5, 5.41) is 6.40. The Kier molecular flexibility index (Phi) is 3.03. The van der Waals surface area contributed by atoms with Crippen LogP contribution < -0.4 is 0 Å². The molecule has 3 aromatic heterocycles. The molecule has 108 valence electrons. The van der Waals surface area contributed by atoms with Crippen molar-refractivity contribution in [2.75, 3.05) is 0 Å². The minimum atomic E-state index is 0.426. The summed E-state index contributed by atoms with van der Waals surface area (Å²) >= 11 is 12.3. The standard InChI is InChI=1S/C16H10Cl2N4/c1-9-6-14-19-8-11-7-13(10-2-4-12(17)5-3-10)15(18)20-16(11)22(14)21-9/h2-8H,1H3. The van der Waals surface area contributed by atoms with Crippen molar-refractivity contribution < 1.29 is 0 Å². The van der Waals surface area contributed by atoms with Gasteiger partial charge in [-0.3, -0.25) is 0 Å². The summed E-state index contributed by atoms with van der Waals surface area (Å²) in [6.07, 6.45) is 1.79. The van der Waals surface area contributed by atoms with Crippen LogP contribution >= 0.6 is 23.2 Å². The minimum Gasteiger partial charge on any atom is -0.236 e. The first-order chi connectivity index (χ1) is 10.6. The summed E-state index contributed by atoms with van der Waals surface area (Å²) in [4.78, 5) is 8.91. The number of rotatable bonds is 1. The lowest BCUT2D eigenvalue weighted by molar-refractivity contribution is 0.939. The molecule has 0 amide bonds. The molecule has 0 saturated heterocycles. The van der Waals surface area contributed by atoms with Gasteiger partial charge in [0.25, 0.3) is 0 Å². The molecular formula is C16H10Cl2N4. The summed E-state index contributed by atoms with van der Waals surface area (Å²) in [6, 6.07) is 11.4. The third kappa shape index (κ3) is 2.12. The SMILES string of the molecule is Cc1cc2ncc3cc(-c4ccc(Cl)cc4)c(Cl)nc3n2n1. The van der Waals surface area contributed by atoms with Gasteiger partial charge in [-0.25, -0.2) is 9.97 Å². The zero-order valence-corrected chi connectivity index (χ0v) is 13.1. The number of halogens is 2. The second-order valence-corrected chi connectivity index (χ2v) is 5.85. The maximum atomic E-state index is 6.38. The van der Waals surface area contributed by atoms with Gasteiger partial charge in [-0.1, -0.05) is 35.3 Å². The highest BCUT2D eigenvalue weighted by Crippen LogP contribution is 2.30. The fourth-order valence-corrected chi connectivity index (χ4v) is 2.83. The van der Waals surface area contributed by atoms with Gasteiger partial charge in [0, 0.05) is 28.2 Å². The normalized spacial score (nSPS) is 11.4. The maximum absolute atomic E-state index is 6.38. The van der Waals surface area contributed by atoms with E-state index in [1.54, 1.807) is 10.7 Å². The molecule has 3 heterocycles. The third-order valence-corrected chi connectivity index (χ3v) is 4.03. The van der Waals surface area contributed by atoms with Crippen molar-refractivity contribution in [3.8, 4) is 11.1 Å². The fourth-order valence-electron chi connectivity index (χ4n) is 2.46. The largest absolute Gasteiger partial charge is 0.236 e. The molecule has 4 rings (SSSR count). The third-order valence-electron chi connectivity index (χ3n) is 3.49. The number of benzene rings is 1. The summed E-state index contributed by atoms with van der Waals surface area (Å²) in [5.74, 6) is 0. The van der Waals surface area contributed by atoms with Crippen LogP contribution in [0.25, 0.3) is 27.8 Å². The van der Waals surface area contributed by atoms with E-state index in [2.05, 4.69) is 15.1 Å². The Morgan fingerprint density at radius 3 is 2.59 bits per heavy atom. The van der Waals surface area contributed by atoms with E-state index >= 15 is 0 Å². The highest BCUT2D eigenvalue weighted by molar-refractivity contribution is 6.33. The lowest BCUT2D eigenvalue weighted by Crippen LogP contribution is -1.97. The van der Waals surface area contributed by atoms with Gasteiger partial charge in [-0.05, 0) is 30.7 Å². The Morgan fingerprint density at radius 2 is 1.82 bits per heavy atom. The van der Waals surface area contributed by atoms with Crippen LogP contribution in [0, 0.1) is 6.92 Å². The van der Waals surface area contributed by atoms with Gasteiger partial charge >= 0.3 is 0 Å². The molecule has 22 heavy (non-hydrogen) atoms. The quantitative estimate of drug-likeness (QED) is 0.481. The van der Waals surface area contributed by atoms with Crippen molar-refractivity contribution in [1.82, 2.24) is 19.6 Å². The lowest BCUT2D eigenvalue weighted by atomic mass is 10.1. The van der Waals surface area contributed by atoms with Crippen molar-refractivity contribution in [3.05, 3.63) is 58.5 Å². The topological polar surface area (TPSA) is 43.1 Å². The van der Waals surface area contributed by atoms with Crippen LogP contribution in [0.15, 0.2) is 42.6 Å². The molecule has 0 N–H and O–H groups in total. The van der Waals surface area contributed by atoms with Crippen LogP contribution in [0.5, 0.6) is 0 Å². The molecule has 0 radical (unpaired) electrons. The molecule has 0 saturated carbocycles. The first-order valence-electron chi connectivity index (χ1n) is 6.69. The fraction of sp³-hybridized carbons (Fsp3) is 0.0625. The van der Waals surface area contributed by atoms with Crippen LogP contribution in [0.4, 0.5) is 0 Å². The Morgan fingerprint density at radius 1 is 1.05 bits per heavy atom. The predicted molar refractivity (Wildman–Crippen MR) is 88.5 cm³/mol. The van der Waals surface area contributed by atoms with Crippen LogP contribution in [-0.2, 0) is 0 Å². The van der Waals surface area contributed by atoms with Crippen LogP contribution in [-0.4, -0.2) is 19.6 Å². The van der Waals surface area contributed by atoms with Crippen molar-refractivity contribution in [1.29, 1.82) is 0 Å². The van der Waals surface area contributed by atoms with Gasteiger partial charge in [0.05, 0.1) is 5.69 Å². The van der Waals surface area contributed by atoms with E-state index in [-0.39, 0.29) is 0 Å². The van der Waals surface area contributed by atoms with E-state index in [1.807, 2.05) is 43.3 Å². The van der Waals surface area contributed by atoms with Crippen LogP contribution in [0.3, 0.4) is 0 Å². The van der Waals surface area contributed by atoms with Gasteiger partial charge in [0.1, 0.15) is 5.15 Å². The summed E-state index contributed by atoms with van der Waals surface area (Å²) < 4.78 is 1.71. The van der Waals surface area contributed by atoms with E-state index in [4.69, 9.17) is 23.2 Å². The summed E-state index contributed by atoms with van der Waals surface area (Å²) in [6.45, 7) is 1.92. The molecule has 1 aromatic carbocycles.